The van der Waals surface area contributed by atoms with Crippen LogP contribution in [0.2, 0.25) is 0 Å². The smallest absolute Gasteiger partial charge is 0.199 e. The van der Waals surface area contributed by atoms with Gasteiger partial charge in [0.1, 0.15) is 28.8 Å². The van der Waals surface area contributed by atoms with Gasteiger partial charge in [-0.15, -0.1) is 11.3 Å². The Morgan fingerprint density at radius 1 is 1.03 bits per heavy atom. The highest BCUT2D eigenvalue weighted by Crippen LogP contribution is 2.40. The normalized spacial score (nSPS) is 15.8. The lowest BCUT2D eigenvalue weighted by molar-refractivity contribution is 0.0385. The molecule has 0 amide bonds. The van der Waals surface area contributed by atoms with Crippen molar-refractivity contribution in [1.82, 2.24) is 15.3 Å². The van der Waals surface area contributed by atoms with Gasteiger partial charge in [0.25, 0.3) is 0 Å². The van der Waals surface area contributed by atoms with E-state index >= 15 is 0 Å². The number of aliphatic hydroxyl groups is 1. The highest BCUT2D eigenvalue weighted by atomic mass is 32.1. The van der Waals surface area contributed by atoms with Crippen molar-refractivity contribution in [3.63, 3.8) is 0 Å². The Labute approximate surface area is 220 Å². The summed E-state index contributed by atoms with van der Waals surface area (Å²) in [5, 5.41) is 17.6. The zero-order chi connectivity index (χ0) is 25.8. The van der Waals surface area contributed by atoms with Gasteiger partial charge in [-0.25, -0.2) is 9.97 Å². The van der Waals surface area contributed by atoms with Crippen LogP contribution in [0.15, 0.2) is 60.2 Å². The molecule has 2 atom stereocenters. The number of aromatic nitrogens is 2. The second kappa shape index (κ2) is 11.3. The van der Waals surface area contributed by atoms with Crippen LogP contribution < -0.4 is 24.4 Å². The molecule has 1 fully saturated rings. The molecule has 194 valence electrons. The minimum atomic E-state index is -0.813. The zero-order valence-electron chi connectivity index (χ0n) is 21.3. The second-order valence-corrected chi connectivity index (χ2v) is 9.91. The Balaban J connectivity index is 1.63. The van der Waals surface area contributed by atoms with Crippen LogP contribution in [0.1, 0.15) is 19.8 Å². The van der Waals surface area contributed by atoms with E-state index in [9.17, 15) is 5.11 Å². The molecule has 0 spiro atoms. The molecule has 1 aliphatic heterocycles. The molecule has 0 aliphatic carbocycles. The molecule has 1 aliphatic rings. The Hall–Kier alpha value is -3.40. The monoisotopic (exact) mass is 520 g/mol. The predicted octanol–water partition coefficient (Wildman–Crippen LogP) is 4.72. The summed E-state index contributed by atoms with van der Waals surface area (Å²) in [5.41, 5.74) is 2.18. The van der Waals surface area contributed by atoms with Crippen molar-refractivity contribution in [3.05, 3.63) is 60.2 Å². The van der Waals surface area contributed by atoms with E-state index in [0.717, 1.165) is 53.1 Å². The molecule has 37 heavy (non-hydrogen) atoms. The summed E-state index contributed by atoms with van der Waals surface area (Å²) >= 11 is 1.60. The van der Waals surface area contributed by atoms with Crippen LogP contribution in [0.4, 0.5) is 5.82 Å². The van der Waals surface area contributed by atoms with E-state index in [1.165, 1.54) is 0 Å². The molecule has 0 saturated carbocycles. The van der Waals surface area contributed by atoms with Gasteiger partial charge in [0, 0.05) is 23.1 Å². The predicted molar refractivity (Wildman–Crippen MR) is 147 cm³/mol. The number of nitrogens with zero attached hydrogens (tertiary/aromatic N) is 3. The standard InChI is InChI=1S/C28H32N4O4S/c1-18(33)28(36-21-9-10-23(34-2)24(15-21)35-3)32(20-11-13-29-14-12-20)26-25-22(19-7-5-4-6-8-19)16-37-27(25)31-17-30-26/h4-10,15-18,20,28-29,33H,11-14H2,1-3H3. The Morgan fingerprint density at radius 3 is 2.49 bits per heavy atom. The first-order valence-electron chi connectivity index (χ1n) is 12.4. The Kier molecular flexibility index (Phi) is 7.73. The van der Waals surface area contributed by atoms with E-state index in [2.05, 4.69) is 32.7 Å². The SMILES string of the molecule is COc1ccc(OC(C(C)O)N(c2ncnc3scc(-c4ccccc4)c23)C2CCNCC2)cc1OC. The molecule has 2 aromatic heterocycles. The summed E-state index contributed by atoms with van der Waals surface area (Å²) < 4.78 is 17.4. The van der Waals surface area contributed by atoms with E-state index in [1.807, 2.05) is 24.3 Å². The van der Waals surface area contributed by atoms with Gasteiger partial charge in [0.05, 0.1) is 19.6 Å². The number of ether oxygens (including phenoxy) is 3. The first-order valence-corrected chi connectivity index (χ1v) is 13.3. The fraction of sp³-hybridized carbons (Fsp3) is 0.357. The van der Waals surface area contributed by atoms with Gasteiger partial charge >= 0.3 is 0 Å². The highest BCUT2D eigenvalue weighted by Gasteiger charge is 2.35. The van der Waals surface area contributed by atoms with Gasteiger partial charge in [-0.05, 0) is 50.6 Å². The number of rotatable bonds is 9. The summed E-state index contributed by atoms with van der Waals surface area (Å²) in [6, 6.07) is 15.8. The van der Waals surface area contributed by atoms with Crippen molar-refractivity contribution in [2.24, 2.45) is 0 Å². The van der Waals surface area contributed by atoms with Gasteiger partial charge in [-0.1, -0.05) is 30.3 Å². The molecule has 3 heterocycles. The number of hydrogen-bond donors (Lipinski definition) is 2. The van der Waals surface area contributed by atoms with E-state index in [-0.39, 0.29) is 6.04 Å². The summed E-state index contributed by atoms with van der Waals surface area (Å²) in [7, 11) is 3.19. The number of piperidine rings is 1. The fourth-order valence-electron chi connectivity index (χ4n) is 4.89. The van der Waals surface area contributed by atoms with Crippen LogP contribution in [-0.2, 0) is 0 Å². The summed E-state index contributed by atoms with van der Waals surface area (Å²) in [4.78, 5) is 12.5. The highest BCUT2D eigenvalue weighted by molar-refractivity contribution is 7.17. The minimum Gasteiger partial charge on any atom is -0.493 e. The zero-order valence-corrected chi connectivity index (χ0v) is 22.1. The maximum Gasteiger partial charge on any atom is 0.199 e. The Bertz CT molecular complexity index is 1320. The molecule has 8 nitrogen and oxygen atoms in total. The van der Waals surface area contributed by atoms with Crippen LogP contribution in [0.3, 0.4) is 0 Å². The number of nitrogens with one attached hydrogen (secondary N) is 1. The molecule has 2 unspecified atom stereocenters. The van der Waals surface area contributed by atoms with Crippen molar-refractivity contribution >= 4 is 27.4 Å². The van der Waals surface area contributed by atoms with Gasteiger partial charge < -0.3 is 29.5 Å². The molecule has 5 rings (SSSR count). The third-order valence-corrected chi connectivity index (χ3v) is 7.57. The summed E-state index contributed by atoms with van der Waals surface area (Å²) in [5.74, 6) is 2.51. The maximum absolute atomic E-state index is 11.1. The quantitative estimate of drug-likeness (QED) is 0.307. The van der Waals surface area contributed by atoms with E-state index < -0.39 is 12.3 Å². The topological polar surface area (TPSA) is 89.0 Å². The average Bonchev–Trinajstić information content (AvgIpc) is 3.38. The van der Waals surface area contributed by atoms with Gasteiger partial charge in [0.2, 0.25) is 0 Å². The number of methoxy groups -OCH3 is 2. The number of thiophene rings is 1. The summed E-state index contributed by atoms with van der Waals surface area (Å²) in [6.45, 7) is 3.52. The first kappa shape index (κ1) is 25.3. The molecule has 0 bridgehead atoms. The molecule has 9 heteroatoms. The molecule has 2 N–H and O–H groups in total. The number of benzene rings is 2. The van der Waals surface area contributed by atoms with Crippen LogP contribution in [0.25, 0.3) is 21.3 Å². The molecular weight excluding hydrogens is 488 g/mol. The molecule has 2 aromatic carbocycles. The number of fused-ring (bicyclic) bond motifs is 1. The van der Waals surface area contributed by atoms with Crippen LogP contribution >= 0.6 is 11.3 Å². The molecule has 0 radical (unpaired) electrons. The average molecular weight is 521 g/mol. The van der Waals surface area contributed by atoms with E-state index in [4.69, 9.17) is 19.2 Å². The van der Waals surface area contributed by atoms with Crippen molar-refractivity contribution in [2.75, 3.05) is 32.2 Å². The number of aliphatic hydroxyl groups excluding tert-OH is 1. The van der Waals surface area contributed by atoms with Crippen molar-refractivity contribution < 1.29 is 19.3 Å². The lowest BCUT2D eigenvalue weighted by Gasteiger charge is -2.42. The lowest BCUT2D eigenvalue weighted by Crippen LogP contribution is -2.55. The maximum atomic E-state index is 11.1. The first-order chi connectivity index (χ1) is 18.1. The summed E-state index contributed by atoms with van der Waals surface area (Å²) in [6.07, 6.45) is 1.89. The van der Waals surface area contributed by atoms with Crippen LogP contribution in [-0.4, -0.2) is 60.8 Å². The van der Waals surface area contributed by atoms with E-state index in [0.29, 0.717) is 17.2 Å². The van der Waals surface area contributed by atoms with E-state index in [1.54, 1.807) is 50.9 Å². The molecule has 1 saturated heterocycles. The second-order valence-electron chi connectivity index (χ2n) is 9.05. The van der Waals surface area contributed by atoms with Gasteiger partial charge in [-0.2, -0.15) is 0 Å². The number of anilines is 1. The van der Waals surface area contributed by atoms with Crippen LogP contribution in [0, 0.1) is 0 Å². The Morgan fingerprint density at radius 2 is 1.78 bits per heavy atom. The minimum absolute atomic E-state index is 0.114. The third-order valence-electron chi connectivity index (χ3n) is 6.68. The molecule has 4 aromatic rings. The third kappa shape index (κ3) is 5.20. The largest absolute Gasteiger partial charge is 0.493 e. The van der Waals surface area contributed by atoms with Gasteiger partial charge in [0.15, 0.2) is 17.7 Å². The lowest BCUT2D eigenvalue weighted by atomic mass is 10.0. The number of hydrogen-bond acceptors (Lipinski definition) is 9. The van der Waals surface area contributed by atoms with Gasteiger partial charge in [-0.3, -0.25) is 0 Å². The van der Waals surface area contributed by atoms with Crippen molar-refractivity contribution in [1.29, 1.82) is 0 Å². The van der Waals surface area contributed by atoms with Crippen LogP contribution in [0.5, 0.6) is 17.2 Å². The fourth-order valence-corrected chi connectivity index (χ4v) is 5.80. The van der Waals surface area contributed by atoms with Crippen molar-refractivity contribution in [3.8, 4) is 28.4 Å². The van der Waals surface area contributed by atoms with Crippen molar-refractivity contribution in [2.45, 2.75) is 38.1 Å². The molecular formula is C28H32N4O4S.